The van der Waals surface area contributed by atoms with E-state index in [2.05, 4.69) is 25.0 Å². The van der Waals surface area contributed by atoms with Crippen LogP contribution in [0.25, 0.3) is 0 Å². The molecule has 34 nitrogen and oxygen atoms in total. The molecule has 75 heavy (non-hydrogen) atoms. The Balaban J connectivity index is 0.000000527. The Labute approximate surface area is 434 Å². The molecule has 0 aliphatic carbocycles. The maximum atomic E-state index is 12.4. The highest BCUT2D eigenvalue weighted by atomic mass is 16.6. The first-order valence-corrected chi connectivity index (χ1v) is 22.0. The summed E-state index contributed by atoms with van der Waals surface area (Å²) in [6.07, 6.45) is -2.85. The molecule has 0 radical (unpaired) electrons. The van der Waals surface area contributed by atoms with Crippen molar-refractivity contribution in [2.75, 3.05) is 153 Å². The Bertz CT molecular complexity index is 1930. The van der Waals surface area contributed by atoms with Crippen LogP contribution in [0.15, 0.2) is 0 Å². The van der Waals surface area contributed by atoms with Crippen molar-refractivity contribution in [1.82, 2.24) is 55.0 Å². The van der Waals surface area contributed by atoms with Crippen LogP contribution in [-0.2, 0) is 76.1 Å². The van der Waals surface area contributed by atoms with E-state index in [-0.39, 0.29) is 96.3 Å². The SMILES string of the molecule is COCN(COC)c1nc(N(COC)C(C)=O)nc(N(COC)C(C)=O)n1.COCN1C(=O)N(COC)C(OC)C1OC.COCN1C(=O)N(COC)C2C1N(C(C)=O)C(=O)N2C(C)=O.COCNC(=O)NC(C)=O. The lowest BCUT2D eigenvalue weighted by Crippen LogP contribution is -2.49. The first-order chi connectivity index (χ1) is 35.6. The number of urea groups is 4. The summed E-state index contributed by atoms with van der Waals surface area (Å²) in [6.45, 7) is 6.60. The predicted molar refractivity (Wildman–Crippen MR) is 256 cm³/mol. The third-order valence-electron chi connectivity index (χ3n) is 9.80. The summed E-state index contributed by atoms with van der Waals surface area (Å²) in [5.41, 5.74) is 0. The second kappa shape index (κ2) is 34.1. The highest BCUT2D eigenvalue weighted by molar-refractivity contribution is 6.05. The summed E-state index contributed by atoms with van der Waals surface area (Å²) < 4.78 is 55.2. The Hall–Kier alpha value is -6.60. The van der Waals surface area contributed by atoms with Gasteiger partial charge in [-0.1, -0.05) is 0 Å². The second-order valence-corrected chi connectivity index (χ2v) is 15.2. The summed E-state index contributed by atoms with van der Waals surface area (Å²) in [6, 6.07) is -2.02. The van der Waals surface area contributed by atoms with Gasteiger partial charge in [0.1, 0.15) is 60.6 Å². The first kappa shape index (κ1) is 66.4. The minimum atomic E-state index is -0.934. The number of rotatable bonds is 23. The van der Waals surface area contributed by atoms with Crippen LogP contribution in [0, 0.1) is 0 Å². The molecule has 13 amide bonds. The molecule has 3 aliphatic rings. The van der Waals surface area contributed by atoms with E-state index >= 15 is 0 Å². The van der Waals surface area contributed by atoms with Gasteiger partial charge < -0.3 is 57.4 Å². The number of methoxy groups -OCH3 is 11. The van der Waals surface area contributed by atoms with E-state index in [0.717, 1.165) is 9.80 Å². The summed E-state index contributed by atoms with van der Waals surface area (Å²) in [4.78, 5) is 129. The molecule has 1 aromatic rings. The molecule has 1 aromatic heterocycles. The smallest absolute Gasteiger partial charge is 0.337 e. The molecule has 426 valence electrons. The van der Waals surface area contributed by atoms with E-state index in [1.165, 1.54) is 142 Å². The Kier molecular flexibility index (Phi) is 30.2. The average molecular weight is 1080 g/mol. The van der Waals surface area contributed by atoms with E-state index < -0.39 is 60.6 Å². The third kappa shape index (κ3) is 18.3. The molecule has 3 saturated heterocycles. The zero-order chi connectivity index (χ0) is 57.1. The van der Waals surface area contributed by atoms with Crippen molar-refractivity contribution in [3.63, 3.8) is 0 Å². The van der Waals surface area contributed by atoms with Crippen LogP contribution in [0.5, 0.6) is 0 Å². The number of nitrogens with zero attached hydrogens (tertiary/aromatic N) is 12. The zero-order valence-corrected chi connectivity index (χ0v) is 45.2. The number of carbonyl (C=O) groups is 9. The summed E-state index contributed by atoms with van der Waals surface area (Å²) >= 11 is 0. The molecular formula is C41H72N14O20. The minimum Gasteiger partial charge on any atom is -0.364 e. The topological polar surface area (TPSA) is 347 Å². The van der Waals surface area contributed by atoms with Crippen molar-refractivity contribution >= 4 is 71.5 Å². The van der Waals surface area contributed by atoms with Gasteiger partial charge >= 0.3 is 24.1 Å². The molecule has 4 unspecified atom stereocenters. The Morgan fingerprint density at radius 2 is 0.813 bits per heavy atom. The van der Waals surface area contributed by atoms with Crippen LogP contribution in [0.4, 0.5) is 37.0 Å². The van der Waals surface area contributed by atoms with Gasteiger partial charge in [0.15, 0.2) is 24.8 Å². The number of carbonyl (C=O) groups excluding carboxylic acids is 9. The van der Waals surface area contributed by atoms with Crippen molar-refractivity contribution in [2.24, 2.45) is 0 Å². The third-order valence-corrected chi connectivity index (χ3v) is 9.80. The Morgan fingerprint density at radius 3 is 1.11 bits per heavy atom. The highest BCUT2D eigenvalue weighted by Gasteiger charge is 2.61. The van der Waals surface area contributed by atoms with Gasteiger partial charge in [0.2, 0.25) is 47.4 Å². The normalized spacial score (nSPS) is 17.6. The molecule has 4 heterocycles. The summed E-state index contributed by atoms with van der Waals surface area (Å²) in [5.74, 6) is -2.00. The van der Waals surface area contributed by atoms with Crippen LogP contribution in [-0.4, -0.2) is 262 Å². The molecule has 4 rings (SSSR count). The van der Waals surface area contributed by atoms with Gasteiger partial charge in [0.25, 0.3) is 0 Å². The fourth-order valence-electron chi connectivity index (χ4n) is 6.87. The molecule has 34 heteroatoms. The number of hydrogen-bond acceptors (Lipinski definition) is 24. The van der Waals surface area contributed by atoms with Gasteiger partial charge in [0, 0.05) is 113 Å². The number of fused-ring (bicyclic) bond motifs is 1. The number of hydrogen-bond donors (Lipinski definition) is 2. The lowest BCUT2D eigenvalue weighted by Gasteiger charge is -2.26. The zero-order valence-electron chi connectivity index (χ0n) is 45.2. The lowest BCUT2D eigenvalue weighted by atomic mass is 10.3. The van der Waals surface area contributed by atoms with Crippen molar-refractivity contribution in [1.29, 1.82) is 0 Å². The van der Waals surface area contributed by atoms with Crippen molar-refractivity contribution < 1.29 is 95.3 Å². The monoisotopic (exact) mass is 1080 g/mol. The van der Waals surface area contributed by atoms with Gasteiger partial charge in [-0.3, -0.25) is 63.6 Å². The molecule has 3 fully saturated rings. The number of imide groups is 3. The van der Waals surface area contributed by atoms with Gasteiger partial charge in [-0.15, -0.1) is 0 Å². The summed E-state index contributed by atoms with van der Waals surface area (Å²) in [5, 5.41) is 4.28. The van der Waals surface area contributed by atoms with Crippen molar-refractivity contribution in [3.05, 3.63) is 0 Å². The maximum Gasteiger partial charge on any atom is 0.337 e. The standard InChI is InChI=1S/C15H26N6O6.C12H18N4O6.C9H18N2O5.C5H10N2O3/c1-11(22)20(9-26-5)14-16-13(19(7-24-3)8-25-4)17-15(18-14)21(10-27-6)12(2)23;1-7(17)15-9-10(16(8(2)18)12(15)20)14(6-22-4)11(19)13(9)5-21-3;1-13-5-10-7(15-3)8(16-4)11(6-14-2)9(10)12;1-4(8)7-5(9)6-3-10-2/h7-10H2,1-6H3;9-10H,5-6H2,1-4H3;7-8H,5-6H2,1-4H3;3H2,1-2H3,(H2,6,7,8,9). The van der Waals surface area contributed by atoms with Gasteiger partial charge in [0.05, 0.1) is 0 Å². The van der Waals surface area contributed by atoms with Crippen LogP contribution in [0.3, 0.4) is 0 Å². The quantitative estimate of drug-likeness (QED) is 0.118. The second-order valence-electron chi connectivity index (χ2n) is 15.2. The number of aromatic nitrogens is 3. The van der Waals surface area contributed by atoms with E-state index in [0.29, 0.717) is 0 Å². The van der Waals surface area contributed by atoms with Gasteiger partial charge in [-0.2, -0.15) is 15.0 Å². The van der Waals surface area contributed by atoms with Crippen LogP contribution < -0.4 is 25.3 Å². The molecule has 0 spiro atoms. The molecule has 0 bridgehead atoms. The van der Waals surface area contributed by atoms with E-state index in [9.17, 15) is 43.2 Å². The molecule has 3 aliphatic heterocycles. The molecule has 0 aromatic carbocycles. The van der Waals surface area contributed by atoms with E-state index in [4.69, 9.17) is 47.4 Å². The number of nitrogens with one attached hydrogen (secondary N) is 2. The number of ether oxygens (including phenoxy) is 11. The van der Waals surface area contributed by atoms with E-state index in [1.807, 2.05) is 5.32 Å². The minimum absolute atomic E-state index is 0.0175. The van der Waals surface area contributed by atoms with Crippen molar-refractivity contribution in [3.8, 4) is 0 Å². The fourth-order valence-corrected chi connectivity index (χ4v) is 6.87. The lowest BCUT2D eigenvalue weighted by molar-refractivity contribution is -0.132. The molecular weight excluding hydrogens is 1010 g/mol. The molecule has 4 atom stereocenters. The van der Waals surface area contributed by atoms with Crippen LogP contribution in [0.1, 0.15) is 34.6 Å². The Morgan fingerprint density at radius 1 is 0.467 bits per heavy atom. The van der Waals surface area contributed by atoms with Crippen molar-refractivity contribution in [2.45, 2.75) is 59.4 Å². The molecule has 0 saturated carbocycles. The van der Waals surface area contributed by atoms with Gasteiger partial charge in [-0.25, -0.2) is 29.0 Å². The van der Waals surface area contributed by atoms with E-state index in [1.54, 1.807) is 4.90 Å². The maximum absolute atomic E-state index is 12.4. The number of anilines is 3. The number of amides is 13. The first-order valence-electron chi connectivity index (χ1n) is 22.0. The molecule has 2 N–H and O–H groups in total. The fraction of sp³-hybridized carbons (Fsp3) is 0.707. The van der Waals surface area contributed by atoms with Crippen LogP contribution in [0.2, 0.25) is 0 Å². The predicted octanol–water partition coefficient (Wildman–Crippen LogP) is -1.47. The highest BCUT2D eigenvalue weighted by Crippen LogP contribution is 2.35. The largest absolute Gasteiger partial charge is 0.364 e. The van der Waals surface area contributed by atoms with Crippen LogP contribution >= 0.6 is 0 Å². The van der Waals surface area contributed by atoms with Gasteiger partial charge in [-0.05, 0) is 0 Å². The summed E-state index contributed by atoms with van der Waals surface area (Å²) in [7, 11) is 16.2. The average Bonchev–Trinajstić information content (AvgIpc) is 3.90.